The maximum Gasteiger partial charge on any atom is 0.416 e. The van der Waals surface area contributed by atoms with Gasteiger partial charge in [0.25, 0.3) is 0 Å². The Morgan fingerprint density at radius 2 is 1.90 bits per heavy atom. The first-order valence-corrected chi connectivity index (χ1v) is 8.95. The predicted octanol–water partition coefficient (Wildman–Crippen LogP) is 5.66. The van der Waals surface area contributed by atoms with Gasteiger partial charge in [-0.2, -0.15) is 13.2 Å². The fraction of sp³-hybridized carbons (Fsp3) is 0.136. The van der Waals surface area contributed by atoms with Crippen LogP contribution in [0.25, 0.3) is 11.3 Å². The van der Waals surface area contributed by atoms with Crippen LogP contribution in [0.3, 0.4) is 0 Å². The van der Waals surface area contributed by atoms with Crippen LogP contribution in [0.2, 0.25) is 0 Å². The van der Waals surface area contributed by atoms with Crippen molar-refractivity contribution >= 4 is 23.4 Å². The smallest absolute Gasteiger partial charge is 0.386 e. The summed E-state index contributed by atoms with van der Waals surface area (Å²) in [4.78, 5) is 19.8. The van der Waals surface area contributed by atoms with E-state index >= 15 is 0 Å². The SMILES string of the molecule is CNc1cc(C(F)(F)F)ccc1N=C(CC=O)c1ccnc(-c2ccccc2F)c1. The van der Waals surface area contributed by atoms with Crippen molar-refractivity contribution in [2.24, 2.45) is 4.99 Å². The Balaban J connectivity index is 2.07. The summed E-state index contributed by atoms with van der Waals surface area (Å²) in [7, 11) is 1.48. The van der Waals surface area contributed by atoms with Crippen LogP contribution in [0, 0.1) is 5.82 Å². The van der Waals surface area contributed by atoms with Gasteiger partial charge in [0.2, 0.25) is 0 Å². The summed E-state index contributed by atoms with van der Waals surface area (Å²) >= 11 is 0. The van der Waals surface area contributed by atoms with Gasteiger partial charge in [0.15, 0.2) is 0 Å². The number of alkyl halides is 3. The highest BCUT2D eigenvalue weighted by Crippen LogP contribution is 2.35. The Labute approximate surface area is 170 Å². The fourth-order valence-electron chi connectivity index (χ4n) is 2.89. The van der Waals surface area contributed by atoms with E-state index in [-0.39, 0.29) is 23.4 Å². The average molecular weight is 415 g/mol. The maximum absolute atomic E-state index is 14.1. The Kier molecular flexibility index (Phi) is 6.25. The molecule has 3 rings (SSSR count). The number of aliphatic imine (C=N–C) groups is 1. The molecule has 30 heavy (non-hydrogen) atoms. The van der Waals surface area contributed by atoms with Gasteiger partial charge >= 0.3 is 6.18 Å². The van der Waals surface area contributed by atoms with Crippen LogP contribution in [-0.4, -0.2) is 24.0 Å². The number of aldehydes is 1. The first-order chi connectivity index (χ1) is 14.3. The van der Waals surface area contributed by atoms with E-state index in [2.05, 4.69) is 15.3 Å². The maximum atomic E-state index is 14.1. The lowest BCUT2D eigenvalue weighted by molar-refractivity contribution is -0.137. The molecule has 2 aromatic carbocycles. The number of benzene rings is 2. The molecule has 1 N–H and O–H groups in total. The van der Waals surface area contributed by atoms with Crippen molar-refractivity contribution in [3.63, 3.8) is 0 Å². The molecule has 4 nitrogen and oxygen atoms in total. The normalized spacial score (nSPS) is 12.0. The van der Waals surface area contributed by atoms with E-state index in [1.807, 2.05) is 0 Å². The molecule has 0 saturated heterocycles. The fourth-order valence-corrected chi connectivity index (χ4v) is 2.89. The third kappa shape index (κ3) is 4.71. The molecule has 3 aromatic rings. The minimum Gasteiger partial charge on any atom is -0.386 e. The number of carbonyl (C=O) groups excluding carboxylic acids is 1. The molecule has 0 atom stereocenters. The molecule has 1 heterocycles. The number of rotatable bonds is 6. The van der Waals surface area contributed by atoms with E-state index in [4.69, 9.17) is 0 Å². The number of hydrogen-bond acceptors (Lipinski definition) is 4. The van der Waals surface area contributed by atoms with Gasteiger partial charge in [-0.05, 0) is 42.5 Å². The number of carbonyl (C=O) groups is 1. The van der Waals surface area contributed by atoms with Gasteiger partial charge in [-0.1, -0.05) is 12.1 Å². The highest BCUT2D eigenvalue weighted by Gasteiger charge is 2.31. The number of halogens is 4. The molecule has 1 aromatic heterocycles. The van der Waals surface area contributed by atoms with Crippen LogP contribution in [0.4, 0.5) is 28.9 Å². The van der Waals surface area contributed by atoms with Crippen LogP contribution in [0.5, 0.6) is 0 Å². The second-order valence-electron chi connectivity index (χ2n) is 6.32. The Morgan fingerprint density at radius 1 is 1.13 bits per heavy atom. The highest BCUT2D eigenvalue weighted by molar-refractivity contribution is 6.08. The van der Waals surface area contributed by atoms with Gasteiger partial charge < -0.3 is 10.1 Å². The average Bonchev–Trinajstić information content (AvgIpc) is 2.73. The molecular formula is C22H17F4N3O. The zero-order chi connectivity index (χ0) is 21.7. The molecule has 0 radical (unpaired) electrons. The number of anilines is 1. The number of nitrogens with zero attached hydrogens (tertiary/aromatic N) is 2. The lowest BCUT2D eigenvalue weighted by Gasteiger charge is -2.12. The van der Waals surface area contributed by atoms with Gasteiger partial charge in [-0.15, -0.1) is 0 Å². The monoisotopic (exact) mass is 415 g/mol. The second-order valence-corrected chi connectivity index (χ2v) is 6.32. The summed E-state index contributed by atoms with van der Waals surface area (Å²) < 4.78 is 53.0. The molecular weight excluding hydrogens is 398 g/mol. The van der Waals surface area contributed by atoms with Crippen LogP contribution < -0.4 is 5.32 Å². The molecule has 0 bridgehead atoms. The van der Waals surface area contributed by atoms with Gasteiger partial charge in [0, 0.05) is 30.8 Å². The molecule has 0 spiro atoms. The molecule has 8 heteroatoms. The Bertz CT molecular complexity index is 1090. The predicted molar refractivity (Wildman–Crippen MR) is 107 cm³/mol. The summed E-state index contributed by atoms with van der Waals surface area (Å²) in [6.07, 6.45) is -2.46. The third-order valence-corrected chi connectivity index (χ3v) is 4.37. The van der Waals surface area contributed by atoms with E-state index in [9.17, 15) is 22.4 Å². The summed E-state index contributed by atoms with van der Waals surface area (Å²) in [6, 6.07) is 12.4. The summed E-state index contributed by atoms with van der Waals surface area (Å²) in [5.74, 6) is -0.448. The summed E-state index contributed by atoms with van der Waals surface area (Å²) in [5.41, 5.74) is 1.07. The van der Waals surface area contributed by atoms with Crippen LogP contribution >= 0.6 is 0 Å². The first-order valence-electron chi connectivity index (χ1n) is 8.95. The summed E-state index contributed by atoms with van der Waals surface area (Å²) in [5, 5.41) is 2.69. The minimum atomic E-state index is -4.49. The number of hydrogen-bond donors (Lipinski definition) is 1. The molecule has 154 valence electrons. The van der Waals surface area contributed by atoms with E-state index in [0.717, 1.165) is 12.1 Å². The van der Waals surface area contributed by atoms with Crippen molar-refractivity contribution in [1.82, 2.24) is 4.98 Å². The van der Waals surface area contributed by atoms with E-state index in [1.165, 1.54) is 25.4 Å². The third-order valence-electron chi connectivity index (χ3n) is 4.37. The van der Waals surface area contributed by atoms with Gasteiger partial charge in [0.05, 0.1) is 28.3 Å². The molecule has 0 aliphatic carbocycles. The molecule has 0 aliphatic rings. The van der Waals surface area contributed by atoms with Gasteiger partial charge in [-0.25, -0.2) is 4.39 Å². The minimum absolute atomic E-state index is 0.0785. The lowest BCUT2D eigenvalue weighted by Crippen LogP contribution is -2.06. The van der Waals surface area contributed by atoms with Crippen LogP contribution in [0.15, 0.2) is 65.8 Å². The van der Waals surface area contributed by atoms with Crippen LogP contribution in [-0.2, 0) is 11.0 Å². The van der Waals surface area contributed by atoms with Crippen LogP contribution in [0.1, 0.15) is 17.5 Å². The molecule has 0 unspecified atom stereocenters. The Morgan fingerprint density at radius 3 is 2.57 bits per heavy atom. The van der Waals surface area contributed by atoms with E-state index in [0.29, 0.717) is 23.3 Å². The second kappa shape index (κ2) is 8.86. The van der Waals surface area contributed by atoms with Crippen molar-refractivity contribution in [1.29, 1.82) is 0 Å². The number of aromatic nitrogens is 1. The van der Waals surface area contributed by atoms with Crippen molar-refractivity contribution < 1.29 is 22.4 Å². The van der Waals surface area contributed by atoms with E-state index in [1.54, 1.807) is 30.3 Å². The molecule has 0 fully saturated rings. The zero-order valence-electron chi connectivity index (χ0n) is 15.9. The quantitative estimate of drug-likeness (QED) is 0.321. The zero-order valence-corrected chi connectivity index (χ0v) is 15.9. The number of nitrogens with one attached hydrogen (secondary N) is 1. The first kappa shape index (κ1) is 21.2. The van der Waals surface area contributed by atoms with Crippen molar-refractivity contribution in [3.05, 3.63) is 77.7 Å². The van der Waals surface area contributed by atoms with Crippen molar-refractivity contribution in [3.8, 4) is 11.3 Å². The largest absolute Gasteiger partial charge is 0.416 e. The van der Waals surface area contributed by atoms with E-state index < -0.39 is 17.6 Å². The lowest BCUT2D eigenvalue weighted by atomic mass is 10.0. The Hall–Kier alpha value is -3.55. The molecule has 0 saturated carbocycles. The standard InChI is InChI=1S/C22H17F4N3O/c1-27-21-13-15(22(24,25)26)6-7-19(21)29-18(9-11-30)14-8-10-28-20(12-14)16-4-2-3-5-17(16)23/h2-8,10-13,27H,9H2,1H3. The topological polar surface area (TPSA) is 54.4 Å². The molecule has 0 aliphatic heterocycles. The van der Waals surface area contributed by atoms with Crippen molar-refractivity contribution in [2.75, 3.05) is 12.4 Å². The van der Waals surface area contributed by atoms with Gasteiger partial charge in [-0.3, -0.25) is 9.98 Å². The highest BCUT2D eigenvalue weighted by atomic mass is 19.4. The number of pyridine rings is 1. The van der Waals surface area contributed by atoms with Crippen molar-refractivity contribution in [2.45, 2.75) is 12.6 Å². The summed E-state index contributed by atoms with van der Waals surface area (Å²) in [6.45, 7) is 0. The molecule has 0 amide bonds. The van der Waals surface area contributed by atoms with Gasteiger partial charge in [0.1, 0.15) is 12.1 Å².